The summed E-state index contributed by atoms with van der Waals surface area (Å²) in [5.74, 6) is 0.362. The zero-order chi connectivity index (χ0) is 10.8. The molecule has 0 spiro atoms. The number of hydrogen-bond acceptors (Lipinski definition) is 3. The van der Waals surface area contributed by atoms with Crippen LogP contribution in [0.25, 0.3) is 11.0 Å². The van der Waals surface area contributed by atoms with Crippen LogP contribution in [-0.4, -0.2) is 15.7 Å². The Bertz CT molecular complexity index is 505. The number of rotatable bonds is 2. The van der Waals surface area contributed by atoms with Crippen LogP contribution in [-0.2, 0) is 0 Å². The molecule has 0 amide bonds. The van der Waals surface area contributed by atoms with Crippen LogP contribution in [0.5, 0.6) is 0 Å². The van der Waals surface area contributed by atoms with Crippen LogP contribution < -0.4 is 0 Å². The normalized spacial score (nSPS) is 10.5. The zero-order valence-electron chi connectivity index (χ0n) is 7.42. The maximum atomic E-state index is 8.44. The number of H-pyrrole nitrogens is 1. The monoisotopic (exact) mass is 257 g/mol. The van der Waals surface area contributed by atoms with Crippen LogP contribution in [0.4, 0.5) is 0 Å². The first-order valence-corrected chi connectivity index (χ1v) is 5.79. The molecule has 0 unspecified atom stereocenters. The minimum atomic E-state index is 0.362. The van der Waals surface area contributed by atoms with Gasteiger partial charge in [-0.25, -0.2) is 4.98 Å². The van der Waals surface area contributed by atoms with Gasteiger partial charge in [-0.2, -0.15) is 5.26 Å². The number of fused-ring (bicyclic) bond motifs is 1. The second-order valence-corrected chi connectivity index (χ2v) is 4.55. The summed E-state index contributed by atoms with van der Waals surface area (Å²) in [6.45, 7) is 0. The van der Waals surface area contributed by atoms with E-state index in [9.17, 15) is 0 Å². The van der Waals surface area contributed by atoms with Crippen molar-refractivity contribution in [3.8, 4) is 6.07 Å². The number of aromatic nitrogens is 2. The van der Waals surface area contributed by atoms with Gasteiger partial charge in [0.25, 0.3) is 0 Å². The fourth-order valence-corrected chi connectivity index (χ4v) is 2.02. The molecule has 15 heavy (non-hydrogen) atoms. The third kappa shape index (κ3) is 2.20. The molecule has 0 aliphatic rings. The molecule has 0 aliphatic heterocycles. The summed E-state index contributed by atoms with van der Waals surface area (Å²) in [7, 11) is 0. The van der Waals surface area contributed by atoms with E-state index in [1.54, 1.807) is 12.1 Å². The Labute approximate surface area is 100 Å². The van der Waals surface area contributed by atoms with E-state index in [0.29, 0.717) is 21.0 Å². The SMILES string of the molecule is N#CCSc1nc2cc(Cl)c(Cl)cc2[nH]1. The predicted octanol–water partition coefficient (Wildman–Crippen LogP) is 3.49. The molecule has 76 valence electrons. The highest BCUT2D eigenvalue weighted by Gasteiger charge is 2.06. The summed E-state index contributed by atoms with van der Waals surface area (Å²) >= 11 is 13.1. The van der Waals surface area contributed by atoms with Crippen LogP contribution in [0.1, 0.15) is 0 Å². The Morgan fingerprint density at radius 2 is 2.13 bits per heavy atom. The molecule has 0 radical (unpaired) electrons. The van der Waals surface area contributed by atoms with E-state index in [4.69, 9.17) is 28.5 Å². The third-order valence-electron chi connectivity index (χ3n) is 1.78. The minimum Gasteiger partial charge on any atom is -0.333 e. The highest BCUT2D eigenvalue weighted by molar-refractivity contribution is 7.99. The number of aromatic amines is 1. The second kappa shape index (κ2) is 4.31. The Morgan fingerprint density at radius 3 is 2.87 bits per heavy atom. The molecular formula is C9H5Cl2N3S. The lowest BCUT2D eigenvalue weighted by atomic mass is 10.3. The second-order valence-electron chi connectivity index (χ2n) is 2.77. The van der Waals surface area contributed by atoms with Crippen LogP contribution in [0.15, 0.2) is 17.3 Å². The van der Waals surface area contributed by atoms with Crippen molar-refractivity contribution >= 4 is 46.0 Å². The quantitative estimate of drug-likeness (QED) is 0.839. The van der Waals surface area contributed by atoms with Gasteiger partial charge < -0.3 is 4.98 Å². The van der Waals surface area contributed by atoms with E-state index in [1.807, 2.05) is 6.07 Å². The average Bonchev–Trinajstić information content (AvgIpc) is 2.58. The fourth-order valence-electron chi connectivity index (χ4n) is 1.15. The van der Waals surface area contributed by atoms with Crippen molar-refractivity contribution in [2.45, 2.75) is 5.16 Å². The van der Waals surface area contributed by atoms with Gasteiger partial charge in [-0.15, -0.1) is 0 Å². The summed E-state index contributed by atoms with van der Waals surface area (Å²) in [5.41, 5.74) is 1.58. The van der Waals surface area contributed by atoms with E-state index in [1.165, 1.54) is 11.8 Å². The molecule has 6 heteroatoms. The van der Waals surface area contributed by atoms with Gasteiger partial charge in [0.2, 0.25) is 0 Å². The Balaban J connectivity index is 2.43. The molecule has 0 saturated carbocycles. The predicted molar refractivity (Wildman–Crippen MR) is 62.5 cm³/mol. The summed E-state index contributed by atoms with van der Waals surface area (Å²) in [5, 5.41) is 10.1. The van der Waals surface area contributed by atoms with Gasteiger partial charge >= 0.3 is 0 Å². The van der Waals surface area contributed by atoms with Gasteiger partial charge in [-0.05, 0) is 12.1 Å². The zero-order valence-corrected chi connectivity index (χ0v) is 9.75. The van der Waals surface area contributed by atoms with E-state index in [2.05, 4.69) is 9.97 Å². The highest BCUT2D eigenvalue weighted by atomic mass is 35.5. The van der Waals surface area contributed by atoms with Gasteiger partial charge in [0.15, 0.2) is 5.16 Å². The summed E-state index contributed by atoms with van der Waals surface area (Å²) in [4.78, 5) is 7.32. The van der Waals surface area contributed by atoms with Crippen molar-refractivity contribution in [1.29, 1.82) is 5.26 Å². The first kappa shape index (κ1) is 10.6. The lowest BCUT2D eigenvalue weighted by molar-refractivity contribution is 1.08. The lowest BCUT2D eigenvalue weighted by Crippen LogP contribution is -1.75. The number of hydrogen-bond donors (Lipinski definition) is 1. The van der Waals surface area contributed by atoms with Gasteiger partial charge in [-0.3, -0.25) is 0 Å². The number of imidazole rings is 1. The molecule has 1 N–H and O–H groups in total. The molecule has 2 rings (SSSR count). The molecule has 1 aromatic carbocycles. The first-order valence-electron chi connectivity index (χ1n) is 4.05. The number of nitrogens with zero attached hydrogens (tertiary/aromatic N) is 2. The molecule has 0 saturated heterocycles. The van der Waals surface area contributed by atoms with Crippen molar-refractivity contribution in [3.05, 3.63) is 22.2 Å². The maximum absolute atomic E-state index is 8.44. The summed E-state index contributed by atoms with van der Waals surface area (Å²) in [6, 6.07) is 5.46. The maximum Gasteiger partial charge on any atom is 0.167 e. The molecule has 1 aromatic heterocycles. The molecule has 2 aromatic rings. The first-order chi connectivity index (χ1) is 7.20. The van der Waals surface area contributed by atoms with Gasteiger partial charge in [0.1, 0.15) is 0 Å². The molecule has 1 heterocycles. The standard InChI is InChI=1S/C9H5Cl2N3S/c10-5-3-7-8(4-6(5)11)14-9(13-7)15-2-1-12/h3-4H,2H2,(H,13,14). The third-order valence-corrected chi connectivity index (χ3v) is 3.24. The van der Waals surface area contributed by atoms with Crippen LogP contribution in [0.2, 0.25) is 10.0 Å². The minimum absolute atomic E-state index is 0.362. The van der Waals surface area contributed by atoms with E-state index in [-0.39, 0.29) is 0 Å². The highest BCUT2D eigenvalue weighted by Crippen LogP contribution is 2.28. The van der Waals surface area contributed by atoms with Gasteiger partial charge in [0.05, 0.1) is 32.9 Å². The van der Waals surface area contributed by atoms with Crippen molar-refractivity contribution in [3.63, 3.8) is 0 Å². The number of halogens is 2. The molecular weight excluding hydrogens is 253 g/mol. The van der Waals surface area contributed by atoms with Crippen molar-refractivity contribution in [1.82, 2.24) is 9.97 Å². The van der Waals surface area contributed by atoms with E-state index < -0.39 is 0 Å². The largest absolute Gasteiger partial charge is 0.333 e. The molecule has 0 atom stereocenters. The Kier molecular flexibility index (Phi) is 3.06. The fraction of sp³-hybridized carbons (Fsp3) is 0.111. The Morgan fingerprint density at radius 1 is 1.40 bits per heavy atom. The summed E-state index contributed by atoms with van der Waals surface area (Å²) < 4.78 is 0. The molecule has 0 bridgehead atoms. The van der Waals surface area contributed by atoms with Crippen molar-refractivity contribution in [2.75, 3.05) is 5.75 Å². The van der Waals surface area contributed by atoms with Crippen LogP contribution >= 0.6 is 35.0 Å². The average molecular weight is 258 g/mol. The summed E-state index contributed by atoms with van der Waals surface area (Å²) in [6.07, 6.45) is 0. The van der Waals surface area contributed by atoms with Crippen molar-refractivity contribution in [2.24, 2.45) is 0 Å². The van der Waals surface area contributed by atoms with Gasteiger partial charge in [0, 0.05) is 0 Å². The number of benzene rings is 1. The number of thioether (sulfide) groups is 1. The topological polar surface area (TPSA) is 52.5 Å². The van der Waals surface area contributed by atoms with Gasteiger partial charge in [-0.1, -0.05) is 35.0 Å². The lowest BCUT2D eigenvalue weighted by Gasteiger charge is -1.93. The molecule has 0 fully saturated rings. The van der Waals surface area contributed by atoms with Crippen LogP contribution in [0.3, 0.4) is 0 Å². The number of nitrogens with one attached hydrogen (secondary N) is 1. The van der Waals surface area contributed by atoms with Crippen LogP contribution in [0, 0.1) is 11.3 Å². The Hall–Kier alpha value is -0.890. The van der Waals surface area contributed by atoms with Crippen molar-refractivity contribution < 1.29 is 0 Å². The molecule has 0 aliphatic carbocycles. The van der Waals surface area contributed by atoms with E-state index >= 15 is 0 Å². The van der Waals surface area contributed by atoms with E-state index in [0.717, 1.165) is 11.0 Å². The number of nitriles is 1. The smallest absolute Gasteiger partial charge is 0.167 e. The molecule has 3 nitrogen and oxygen atoms in total.